The highest BCUT2D eigenvalue weighted by Crippen LogP contribution is 2.24. The Kier molecular flexibility index (Phi) is 8.26. The minimum Gasteiger partial charge on any atom is -0.508 e. The number of unbranched alkanes of at least 4 members (excludes halogenated alkanes) is 1. The fraction of sp³-hybridized carbons (Fsp3) is 0.368. The third-order valence-electron chi connectivity index (χ3n) is 3.07. The molecule has 0 spiro atoms. The second-order valence-electron chi connectivity index (χ2n) is 5.47. The third kappa shape index (κ3) is 7.25. The summed E-state index contributed by atoms with van der Waals surface area (Å²) >= 11 is 0. The Bertz CT molecular complexity index is 495. The number of phenolic OH excluding ortho intramolecular Hbond substituents is 1. The van der Waals surface area contributed by atoms with Crippen molar-refractivity contribution in [3.05, 3.63) is 66.2 Å². The van der Waals surface area contributed by atoms with Crippen LogP contribution in [0.15, 0.2) is 60.7 Å². The lowest BCUT2D eigenvalue weighted by molar-refractivity contribution is -0.358. The van der Waals surface area contributed by atoms with Crippen LogP contribution in [-0.2, 0) is 15.4 Å². The molecule has 120 valence electrons. The maximum atomic E-state index is 8.63. The number of benzene rings is 2. The summed E-state index contributed by atoms with van der Waals surface area (Å²) in [6, 6.07) is 18.8. The molecule has 0 aliphatic rings. The molecule has 0 aliphatic carbocycles. The second kappa shape index (κ2) is 9.98. The molecule has 2 aromatic rings. The molecule has 22 heavy (non-hydrogen) atoms. The first-order valence-corrected chi connectivity index (χ1v) is 7.66. The van der Waals surface area contributed by atoms with E-state index < -0.39 is 0 Å². The summed E-state index contributed by atoms with van der Waals surface area (Å²) in [7, 11) is 0. The van der Waals surface area contributed by atoms with E-state index >= 15 is 0 Å². The van der Waals surface area contributed by atoms with Gasteiger partial charge in [-0.2, -0.15) is 0 Å². The fourth-order valence-corrected chi connectivity index (χ4v) is 1.71. The van der Waals surface area contributed by atoms with Crippen molar-refractivity contribution in [2.75, 3.05) is 6.61 Å². The van der Waals surface area contributed by atoms with Crippen LogP contribution in [0.2, 0.25) is 0 Å². The lowest BCUT2D eigenvalue weighted by atomic mass is 9.99. The van der Waals surface area contributed by atoms with Crippen molar-refractivity contribution in [2.24, 2.45) is 0 Å². The average molecular weight is 302 g/mol. The number of phenols is 1. The molecular weight excluding hydrogens is 276 g/mol. The average Bonchev–Trinajstić information content (AvgIpc) is 2.54. The zero-order valence-electron chi connectivity index (χ0n) is 13.7. The van der Waals surface area contributed by atoms with E-state index in [4.69, 9.17) is 14.9 Å². The fourth-order valence-electron chi connectivity index (χ4n) is 1.71. The van der Waals surface area contributed by atoms with Crippen LogP contribution >= 0.6 is 0 Å². The van der Waals surface area contributed by atoms with Gasteiger partial charge in [-0.25, -0.2) is 9.78 Å². The van der Waals surface area contributed by atoms with Crippen LogP contribution < -0.4 is 0 Å². The first-order valence-electron chi connectivity index (χ1n) is 7.66. The molecule has 0 aromatic heterocycles. The lowest BCUT2D eigenvalue weighted by Crippen LogP contribution is -2.22. The smallest absolute Gasteiger partial charge is 0.123 e. The lowest BCUT2D eigenvalue weighted by Gasteiger charge is -2.23. The van der Waals surface area contributed by atoms with Crippen LogP contribution in [0.5, 0.6) is 5.75 Å². The van der Waals surface area contributed by atoms with Crippen LogP contribution in [0.3, 0.4) is 0 Å². The Morgan fingerprint density at radius 2 is 1.45 bits per heavy atom. The summed E-state index contributed by atoms with van der Waals surface area (Å²) in [4.78, 5) is 10.6. The SMILES string of the molecule is CCCCOOC(C)(C)c1ccccc1.Oc1ccccc1. The van der Waals surface area contributed by atoms with E-state index in [1.165, 1.54) is 0 Å². The molecule has 0 atom stereocenters. The molecule has 0 fully saturated rings. The normalized spacial score (nSPS) is 10.7. The van der Waals surface area contributed by atoms with E-state index in [1.807, 2.05) is 50.2 Å². The second-order valence-corrected chi connectivity index (χ2v) is 5.47. The molecule has 0 saturated heterocycles. The minimum absolute atomic E-state index is 0.322. The van der Waals surface area contributed by atoms with Crippen LogP contribution in [0.1, 0.15) is 39.2 Å². The molecule has 0 aliphatic heterocycles. The number of aromatic hydroxyl groups is 1. The monoisotopic (exact) mass is 302 g/mol. The molecule has 0 saturated carbocycles. The van der Waals surface area contributed by atoms with Crippen LogP contribution in [0, 0.1) is 0 Å². The van der Waals surface area contributed by atoms with Gasteiger partial charge in [0.05, 0.1) is 6.61 Å². The molecular formula is C19H26O3. The van der Waals surface area contributed by atoms with Gasteiger partial charge in [0.2, 0.25) is 0 Å². The highest BCUT2D eigenvalue weighted by molar-refractivity contribution is 5.20. The topological polar surface area (TPSA) is 38.7 Å². The van der Waals surface area contributed by atoms with E-state index in [9.17, 15) is 0 Å². The summed E-state index contributed by atoms with van der Waals surface area (Å²) in [6.45, 7) is 6.81. The largest absolute Gasteiger partial charge is 0.508 e. The van der Waals surface area contributed by atoms with E-state index in [0.29, 0.717) is 12.4 Å². The van der Waals surface area contributed by atoms with Crippen molar-refractivity contribution < 1.29 is 14.9 Å². The molecule has 0 heterocycles. The van der Waals surface area contributed by atoms with Gasteiger partial charge in [0, 0.05) is 0 Å². The summed E-state index contributed by atoms with van der Waals surface area (Å²) in [6.07, 6.45) is 2.15. The Hall–Kier alpha value is -1.84. The van der Waals surface area contributed by atoms with Gasteiger partial charge in [0.15, 0.2) is 0 Å². The summed E-state index contributed by atoms with van der Waals surface area (Å²) in [5, 5.41) is 8.63. The van der Waals surface area contributed by atoms with Gasteiger partial charge < -0.3 is 5.11 Å². The molecule has 0 unspecified atom stereocenters. The maximum Gasteiger partial charge on any atom is 0.123 e. The molecule has 0 amide bonds. The van der Waals surface area contributed by atoms with Gasteiger partial charge >= 0.3 is 0 Å². The number of para-hydroxylation sites is 1. The molecule has 1 N–H and O–H groups in total. The van der Waals surface area contributed by atoms with Gasteiger partial charge in [0.1, 0.15) is 11.4 Å². The Balaban J connectivity index is 0.000000287. The van der Waals surface area contributed by atoms with Crippen LogP contribution in [0.25, 0.3) is 0 Å². The van der Waals surface area contributed by atoms with Crippen molar-refractivity contribution in [2.45, 2.75) is 39.2 Å². The van der Waals surface area contributed by atoms with Crippen molar-refractivity contribution in [1.29, 1.82) is 0 Å². The van der Waals surface area contributed by atoms with E-state index in [1.54, 1.807) is 24.3 Å². The van der Waals surface area contributed by atoms with Gasteiger partial charge in [-0.05, 0) is 38.0 Å². The molecule has 2 rings (SSSR count). The van der Waals surface area contributed by atoms with Crippen LogP contribution in [0.4, 0.5) is 0 Å². The van der Waals surface area contributed by atoms with Crippen molar-refractivity contribution in [1.82, 2.24) is 0 Å². The van der Waals surface area contributed by atoms with Gasteiger partial charge in [-0.1, -0.05) is 61.9 Å². The molecule has 0 radical (unpaired) electrons. The Morgan fingerprint density at radius 1 is 0.909 bits per heavy atom. The minimum atomic E-state index is -0.380. The highest BCUT2D eigenvalue weighted by Gasteiger charge is 2.22. The van der Waals surface area contributed by atoms with E-state index in [0.717, 1.165) is 18.4 Å². The molecule has 3 heteroatoms. The first-order chi connectivity index (χ1) is 10.6. The highest BCUT2D eigenvalue weighted by atomic mass is 17.2. The number of hydrogen-bond donors (Lipinski definition) is 1. The summed E-state index contributed by atoms with van der Waals surface area (Å²) in [5.41, 5.74) is 0.746. The van der Waals surface area contributed by atoms with Crippen molar-refractivity contribution in [3.8, 4) is 5.75 Å². The number of hydrogen-bond acceptors (Lipinski definition) is 3. The first kappa shape index (κ1) is 18.2. The number of rotatable bonds is 6. The molecule has 0 bridgehead atoms. The van der Waals surface area contributed by atoms with Gasteiger partial charge in [0.25, 0.3) is 0 Å². The van der Waals surface area contributed by atoms with E-state index in [-0.39, 0.29) is 5.60 Å². The summed E-state index contributed by atoms with van der Waals surface area (Å²) < 4.78 is 0. The van der Waals surface area contributed by atoms with Gasteiger partial charge in [-0.15, -0.1) is 0 Å². The molecule has 3 nitrogen and oxygen atoms in total. The predicted octanol–water partition coefficient (Wildman–Crippen LogP) is 5.06. The van der Waals surface area contributed by atoms with Crippen LogP contribution in [-0.4, -0.2) is 11.7 Å². The Morgan fingerprint density at radius 3 is 1.91 bits per heavy atom. The summed E-state index contributed by atoms with van der Waals surface area (Å²) in [5.74, 6) is 0.322. The maximum absolute atomic E-state index is 8.63. The van der Waals surface area contributed by atoms with Crippen molar-refractivity contribution in [3.63, 3.8) is 0 Å². The zero-order chi connectivity index (χ0) is 16.3. The third-order valence-corrected chi connectivity index (χ3v) is 3.07. The van der Waals surface area contributed by atoms with Crippen molar-refractivity contribution >= 4 is 0 Å². The Labute approximate surface area is 133 Å². The van der Waals surface area contributed by atoms with E-state index in [2.05, 4.69) is 6.92 Å². The quantitative estimate of drug-likeness (QED) is 0.460. The molecule has 2 aromatic carbocycles. The standard InChI is InChI=1S/C13H20O2.C6H6O/c1-4-5-11-14-15-13(2,3)12-9-7-6-8-10-12;7-6-4-2-1-3-5-6/h6-10H,4-5,11H2,1-3H3;1-5,7H. The zero-order valence-corrected chi connectivity index (χ0v) is 13.7. The predicted molar refractivity (Wildman–Crippen MR) is 89.5 cm³/mol. The van der Waals surface area contributed by atoms with Gasteiger partial charge in [-0.3, -0.25) is 0 Å².